The van der Waals surface area contributed by atoms with Gasteiger partial charge in [-0.05, 0) is 18.3 Å². The maximum absolute atomic E-state index is 12.3. The van der Waals surface area contributed by atoms with Crippen LogP contribution in [0.2, 0.25) is 0 Å². The van der Waals surface area contributed by atoms with Crippen molar-refractivity contribution in [3.8, 4) is 0 Å². The number of hydrogen-bond donors (Lipinski definition) is 3. The zero-order valence-electron chi connectivity index (χ0n) is 11.5. The van der Waals surface area contributed by atoms with Crippen molar-refractivity contribution in [1.82, 2.24) is 5.32 Å². The first kappa shape index (κ1) is 15.0. The first-order valence-corrected chi connectivity index (χ1v) is 6.47. The number of aliphatic carboxylic acids is 1. The predicted octanol–water partition coefficient (Wildman–Crippen LogP) is 1.12. The molecule has 0 aliphatic heterocycles. The third kappa shape index (κ3) is 3.02. The van der Waals surface area contributed by atoms with Crippen LogP contribution in [-0.2, 0) is 9.59 Å². The largest absolute Gasteiger partial charge is 0.480 e. The summed E-state index contributed by atoms with van der Waals surface area (Å²) in [6.07, 6.45) is 3.48. The summed E-state index contributed by atoms with van der Waals surface area (Å²) in [5.41, 5.74) is 4.65. The summed E-state index contributed by atoms with van der Waals surface area (Å²) in [7, 11) is 0. The van der Waals surface area contributed by atoms with Crippen LogP contribution in [0.5, 0.6) is 0 Å². The number of nitrogens with one attached hydrogen (secondary N) is 1. The average Bonchev–Trinajstić information content (AvgIpc) is 2.73. The molecule has 0 spiro atoms. The molecule has 5 heteroatoms. The van der Waals surface area contributed by atoms with Gasteiger partial charge in [-0.15, -0.1) is 0 Å². The molecule has 1 rings (SSSR count). The lowest BCUT2D eigenvalue weighted by molar-refractivity contribution is -0.146. The van der Waals surface area contributed by atoms with Gasteiger partial charge >= 0.3 is 5.97 Å². The third-order valence-corrected chi connectivity index (χ3v) is 3.82. The maximum Gasteiger partial charge on any atom is 0.326 e. The molecule has 0 aromatic heterocycles. The summed E-state index contributed by atoms with van der Waals surface area (Å²) < 4.78 is 0. The van der Waals surface area contributed by atoms with E-state index in [4.69, 9.17) is 5.73 Å². The molecular formula is C13H24N2O3. The number of rotatable bonds is 4. The summed E-state index contributed by atoms with van der Waals surface area (Å²) in [5.74, 6) is -1.20. The quantitative estimate of drug-likeness (QED) is 0.702. The van der Waals surface area contributed by atoms with Crippen LogP contribution in [0.1, 0.15) is 46.5 Å². The van der Waals surface area contributed by atoms with Gasteiger partial charge in [0.25, 0.3) is 0 Å². The van der Waals surface area contributed by atoms with Gasteiger partial charge in [0.1, 0.15) is 6.04 Å². The molecule has 18 heavy (non-hydrogen) atoms. The van der Waals surface area contributed by atoms with Crippen LogP contribution >= 0.6 is 0 Å². The highest BCUT2D eigenvalue weighted by molar-refractivity contribution is 5.88. The fraction of sp³-hybridized carbons (Fsp3) is 0.846. The number of carboxylic acid groups (broad SMARTS) is 1. The van der Waals surface area contributed by atoms with Crippen molar-refractivity contribution >= 4 is 11.9 Å². The van der Waals surface area contributed by atoms with E-state index in [1.165, 1.54) is 0 Å². The van der Waals surface area contributed by atoms with Crippen molar-refractivity contribution in [3.05, 3.63) is 0 Å². The second kappa shape index (κ2) is 5.26. The minimum Gasteiger partial charge on any atom is -0.480 e. The molecule has 1 atom stereocenters. The van der Waals surface area contributed by atoms with E-state index in [1.807, 2.05) is 0 Å². The van der Waals surface area contributed by atoms with Gasteiger partial charge in [-0.2, -0.15) is 0 Å². The molecule has 1 amide bonds. The zero-order chi connectivity index (χ0) is 14.0. The molecule has 1 aliphatic carbocycles. The topological polar surface area (TPSA) is 92.4 Å². The number of nitrogens with two attached hydrogens (primary N) is 1. The Morgan fingerprint density at radius 3 is 2.17 bits per heavy atom. The molecule has 1 aliphatic rings. The van der Waals surface area contributed by atoms with Crippen LogP contribution in [0.25, 0.3) is 0 Å². The maximum atomic E-state index is 12.3. The van der Waals surface area contributed by atoms with Gasteiger partial charge in [0, 0.05) is 6.54 Å². The molecule has 5 nitrogen and oxygen atoms in total. The molecule has 0 unspecified atom stereocenters. The molecule has 0 bridgehead atoms. The fourth-order valence-corrected chi connectivity index (χ4v) is 2.51. The van der Waals surface area contributed by atoms with E-state index in [9.17, 15) is 14.7 Å². The second-order valence-corrected chi connectivity index (χ2v) is 6.30. The Kier molecular flexibility index (Phi) is 4.37. The first-order chi connectivity index (χ1) is 8.23. The Morgan fingerprint density at radius 2 is 1.83 bits per heavy atom. The smallest absolute Gasteiger partial charge is 0.326 e. The number of carboxylic acids is 1. The molecule has 1 fully saturated rings. The lowest BCUT2D eigenvalue weighted by Gasteiger charge is -2.33. The van der Waals surface area contributed by atoms with E-state index in [-0.39, 0.29) is 12.5 Å². The Morgan fingerprint density at radius 1 is 1.33 bits per heavy atom. The molecule has 0 saturated heterocycles. The zero-order valence-corrected chi connectivity index (χ0v) is 11.5. The predicted molar refractivity (Wildman–Crippen MR) is 69.0 cm³/mol. The highest BCUT2D eigenvalue weighted by Gasteiger charge is 2.43. The van der Waals surface area contributed by atoms with Crippen molar-refractivity contribution in [2.45, 2.75) is 52.5 Å². The minimum absolute atomic E-state index is 0.204. The van der Waals surface area contributed by atoms with E-state index >= 15 is 0 Å². The van der Waals surface area contributed by atoms with E-state index < -0.39 is 22.8 Å². The van der Waals surface area contributed by atoms with Crippen molar-refractivity contribution in [1.29, 1.82) is 0 Å². The Labute approximate surface area is 108 Å². The van der Waals surface area contributed by atoms with Gasteiger partial charge in [-0.25, -0.2) is 4.79 Å². The molecule has 0 aromatic carbocycles. The van der Waals surface area contributed by atoms with E-state index in [0.717, 1.165) is 25.7 Å². The number of carbonyl (C=O) groups is 2. The van der Waals surface area contributed by atoms with Crippen molar-refractivity contribution in [3.63, 3.8) is 0 Å². The van der Waals surface area contributed by atoms with Gasteiger partial charge in [0.15, 0.2) is 0 Å². The Bertz CT molecular complexity index is 328. The molecule has 0 aromatic rings. The highest BCUT2D eigenvalue weighted by Crippen LogP contribution is 2.37. The number of amides is 1. The summed E-state index contributed by atoms with van der Waals surface area (Å²) in [5, 5.41) is 11.9. The van der Waals surface area contributed by atoms with Gasteiger partial charge in [-0.3, -0.25) is 4.79 Å². The fourth-order valence-electron chi connectivity index (χ4n) is 2.51. The number of carbonyl (C=O) groups excluding carboxylic acids is 1. The number of hydrogen-bond acceptors (Lipinski definition) is 3. The third-order valence-electron chi connectivity index (χ3n) is 3.82. The Hall–Kier alpha value is -1.10. The highest BCUT2D eigenvalue weighted by atomic mass is 16.4. The van der Waals surface area contributed by atoms with Crippen molar-refractivity contribution < 1.29 is 14.7 Å². The van der Waals surface area contributed by atoms with Crippen LogP contribution in [-0.4, -0.2) is 29.6 Å². The van der Waals surface area contributed by atoms with Gasteiger partial charge in [-0.1, -0.05) is 33.6 Å². The lowest BCUT2D eigenvalue weighted by atomic mass is 9.82. The van der Waals surface area contributed by atoms with Crippen LogP contribution in [0.15, 0.2) is 0 Å². The monoisotopic (exact) mass is 256 g/mol. The SMILES string of the molecule is CC(C)(C)[C@@H](NC(=O)C1(CN)CCCC1)C(=O)O. The van der Waals surface area contributed by atoms with E-state index in [2.05, 4.69) is 5.32 Å². The van der Waals surface area contributed by atoms with E-state index in [0.29, 0.717) is 0 Å². The summed E-state index contributed by atoms with van der Waals surface area (Å²) in [6, 6.07) is -0.881. The second-order valence-electron chi connectivity index (χ2n) is 6.30. The van der Waals surface area contributed by atoms with Crippen molar-refractivity contribution in [2.75, 3.05) is 6.54 Å². The van der Waals surface area contributed by atoms with Crippen LogP contribution < -0.4 is 11.1 Å². The summed E-state index contributed by atoms with van der Waals surface area (Å²) in [6.45, 7) is 5.69. The molecule has 4 N–H and O–H groups in total. The standard InChI is InChI=1S/C13H24N2O3/c1-12(2,3)9(10(16)17)15-11(18)13(8-14)6-4-5-7-13/h9H,4-8,14H2,1-3H3,(H,15,18)(H,16,17)/t9-/m0/s1. The van der Waals surface area contributed by atoms with Crippen molar-refractivity contribution in [2.24, 2.45) is 16.6 Å². The van der Waals surface area contributed by atoms with E-state index in [1.54, 1.807) is 20.8 Å². The van der Waals surface area contributed by atoms with Crippen LogP contribution in [0, 0.1) is 10.8 Å². The summed E-state index contributed by atoms with van der Waals surface area (Å²) in [4.78, 5) is 23.5. The normalized spacial score (nSPS) is 20.4. The summed E-state index contributed by atoms with van der Waals surface area (Å²) >= 11 is 0. The van der Waals surface area contributed by atoms with Gasteiger partial charge < -0.3 is 16.2 Å². The lowest BCUT2D eigenvalue weighted by Crippen LogP contribution is -2.54. The van der Waals surface area contributed by atoms with Gasteiger partial charge in [0.2, 0.25) is 5.91 Å². The molecular weight excluding hydrogens is 232 g/mol. The first-order valence-electron chi connectivity index (χ1n) is 6.47. The van der Waals surface area contributed by atoms with Crippen LogP contribution in [0.4, 0.5) is 0 Å². The van der Waals surface area contributed by atoms with Gasteiger partial charge in [0.05, 0.1) is 5.41 Å². The average molecular weight is 256 g/mol. The molecule has 0 heterocycles. The molecule has 104 valence electrons. The van der Waals surface area contributed by atoms with Crippen LogP contribution in [0.3, 0.4) is 0 Å². The Balaban J connectivity index is 2.81. The minimum atomic E-state index is -0.999. The molecule has 1 saturated carbocycles. The molecule has 0 radical (unpaired) electrons.